The van der Waals surface area contributed by atoms with E-state index in [2.05, 4.69) is 5.32 Å². The molecule has 4 nitrogen and oxygen atoms in total. The minimum atomic E-state index is -0.287. The van der Waals surface area contributed by atoms with Crippen LogP contribution in [0.5, 0.6) is 0 Å². The second-order valence-corrected chi connectivity index (χ2v) is 3.21. The van der Waals surface area contributed by atoms with E-state index in [1.165, 1.54) is 12.3 Å². The first-order chi connectivity index (χ1) is 7.27. The van der Waals surface area contributed by atoms with Crippen LogP contribution in [0.2, 0.25) is 5.22 Å². The van der Waals surface area contributed by atoms with Gasteiger partial charge >= 0.3 is 0 Å². The molecule has 0 radical (unpaired) electrons. The molecule has 0 aliphatic rings. The summed E-state index contributed by atoms with van der Waals surface area (Å²) in [6.07, 6.45) is 2.91. The Balaban J connectivity index is 1.96. The molecular formula is C10H8ClNO3. The quantitative estimate of drug-likeness (QED) is 0.873. The van der Waals surface area contributed by atoms with Gasteiger partial charge < -0.3 is 14.2 Å². The highest BCUT2D eigenvalue weighted by molar-refractivity contribution is 6.32. The van der Waals surface area contributed by atoms with Gasteiger partial charge in [0.2, 0.25) is 5.22 Å². The van der Waals surface area contributed by atoms with Crippen LogP contribution in [0.25, 0.3) is 0 Å². The van der Waals surface area contributed by atoms with Crippen LogP contribution in [0.4, 0.5) is 0 Å². The van der Waals surface area contributed by atoms with E-state index < -0.39 is 0 Å². The van der Waals surface area contributed by atoms with E-state index in [-0.39, 0.29) is 11.1 Å². The van der Waals surface area contributed by atoms with Crippen molar-refractivity contribution in [3.05, 3.63) is 47.3 Å². The number of carbonyl (C=O) groups excluding carboxylic acids is 1. The number of furan rings is 2. The number of hydrogen-bond acceptors (Lipinski definition) is 3. The molecule has 0 unspecified atom stereocenters. The zero-order valence-electron chi connectivity index (χ0n) is 7.70. The molecule has 0 saturated carbocycles. The molecule has 2 aromatic rings. The minimum absolute atomic E-state index is 0.0898. The van der Waals surface area contributed by atoms with Crippen molar-refractivity contribution in [2.75, 3.05) is 0 Å². The van der Waals surface area contributed by atoms with Gasteiger partial charge in [-0.2, -0.15) is 0 Å². The van der Waals surface area contributed by atoms with Crippen molar-refractivity contribution in [1.29, 1.82) is 0 Å². The van der Waals surface area contributed by atoms with Crippen LogP contribution in [-0.4, -0.2) is 5.91 Å². The van der Waals surface area contributed by atoms with Crippen molar-refractivity contribution >= 4 is 17.5 Å². The summed E-state index contributed by atoms with van der Waals surface area (Å²) in [6.45, 7) is 0.327. The van der Waals surface area contributed by atoms with Gasteiger partial charge in [0.05, 0.1) is 24.6 Å². The molecule has 0 aliphatic heterocycles. The van der Waals surface area contributed by atoms with Crippen molar-refractivity contribution in [2.24, 2.45) is 0 Å². The lowest BCUT2D eigenvalue weighted by molar-refractivity contribution is 0.0947. The lowest BCUT2D eigenvalue weighted by atomic mass is 10.3. The van der Waals surface area contributed by atoms with E-state index in [0.717, 1.165) is 0 Å². The Kier molecular flexibility index (Phi) is 2.78. The Labute approximate surface area is 90.8 Å². The molecule has 2 heterocycles. The van der Waals surface area contributed by atoms with Crippen LogP contribution < -0.4 is 5.32 Å². The summed E-state index contributed by atoms with van der Waals surface area (Å²) >= 11 is 5.64. The highest BCUT2D eigenvalue weighted by Gasteiger charge is 2.12. The van der Waals surface area contributed by atoms with Gasteiger partial charge in [0.15, 0.2) is 0 Å². The molecule has 0 bridgehead atoms. The first-order valence-electron chi connectivity index (χ1n) is 4.31. The highest BCUT2D eigenvalue weighted by Crippen LogP contribution is 2.16. The average molecular weight is 226 g/mol. The number of amides is 1. The molecule has 78 valence electrons. The van der Waals surface area contributed by atoms with Crippen LogP contribution in [0.1, 0.15) is 16.1 Å². The van der Waals surface area contributed by atoms with Crippen molar-refractivity contribution in [3.8, 4) is 0 Å². The Morgan fingerprint density at radius 2 is 2.20 bits per heavy atom. The SMILES string of the molecule is O=C(NCc1ccco1)c1ccoc1Cl. The van der Waals surface area contributed by atoms with Gasteiger partial charge in [-0.05, 0) is 29.8 Å². The summed E-state index contributed by atoms with van der Waals surface area (Å²) in [4.78, 5) is 11.5. The van der Waals surface area contributed by atoms with E-state index in [0.29, 0.717) is 17.9 Å². The average Bonchev–Trinajstić information content (AvgIpc) is 2.84. The molecule has 0 atom stereocenters. The third-order valence-corrected chi connectivity index (χ3v) is 2.16. The van der Waals surface area contributed by atoms with Gasteiger partial charge in [-0.3, -0.25) is 4.79 Å². The fraction of sp³-hybridized carbons (Fsp3) is 0.100. The Hall–Kier alpha value is -1.68. The molecule has 0 aliphatic carbocycles. The Morgan fingerprint density at radius 1 is 1.33 bits per heavy atom. The zero-order valence-corrected chi connectivity index (χ0v) is 8.45. The lowest BCUT2D eigenvalue weighted by Crippen LogP contribution is -2.22. The summed E-state index contributed by atoms with van der Waals surface area (Å²) in [6, 6.07) is 5.05. The second-order valence-electron chi connectivity index (χ2n) is 2.87. The van der Waals surface area contributed by atoms with Gasteiger partial charge in [-0.15, -0.1) is 0 Å². The van der Waals surface area contributed by atoms with Crippen LogP contribution in [0.15, 0.2) is 39.6 Å². The van der Waals surface area contributed by atoms with Crippen LogP contribution in [0, 0.1) is 0 Å². The van der Waals surface area contributed by atoms with Crippen LogP contribution in [0.3, 0.4) is 0 Å². The molecule has 2 rings (SSSR count). The Morgan fingerprint density at radius 3 is 2.80 bits per heavy atom. The van der Waals surface area contributed by atoms with Crippen molar-refractivity contribution in [3.63, 3.8) is 0 Å². The summed E-state index contributed by atoms with van der Waals surface area (Å²) in [5, 5.41) is 2.74. The molecule has 0 saturated heterocycles. The molecule has 0 fully saturated rings. The maximum absolute atomic E-state index is 11.5. The molecule has 0 aromatic carbocycles. The van der Waals surface area contributed by atoms with Crippen molar-refractivity contribution < 1.29 is 13.6 Å². The van der Waals surface area contributed by atoms with Crippen LogP contribution in [-0.2, 0) is 6.54 Å². The molecule has 1 amide bonds. The standard InChI is InChI=1S/C10H8ClNO3/c11-9-8(3-5-15-9)10(13)12-6-7-2-1-4-14-7/h1-5H,6H2,(H,12,13). The minimum Gasteiger partial charge on any atom is -0.467 e. The normalized spacial score (nSPS) is 10.2. The number of carbonyl (C=O) groups is 1. The second kappa shape index (κ2) is 4.23. The molecule has 2 aromatic heterocycles. The molecule has 15 heavy (non-hydrogen) atoms. The van der Waals surface area contributed by atoms with E-state index in [1.54, 1.807) is 18.4 Å². The molecule has 5 heteroatoms. The van der Waals surface area contributed by atoms with E-state index >= 15 is 0 Å². The number of rotatable bonds is 3. The number of nitrogens with one attached hydrogen (secondary N) is 1. The van der Waals surface area contributed by atoms with Gasteiger partial charge in [0.1, 0.15) is 5.76 Å². The fourth-order valence-electron chi connectivity index (χ4n) is 1.13. The summed E-state index contributed by atoms with van der Waals surface area (Å²) < 4.78 is 9.86. The van der Waals surface area contributed by atoms with Gasteiger partial charge in [0.25, 0.3) is 5.91 Å². The van der Waals surface area contributed by atoms with E-state index in [9.17, 15) is 4.79 Å². The summed E-state index contributed by atoms with van der Waals surface area (Å²) in [7, 11) is 0. The van der Waals surface area contributed by atoms with Gasteiger partial charge in [-0.1, -0.05) is 0 Å². The van der Waals surface area contributed by atoms with E-state index in [1.807, 2.05) is 0 Å². The molecule has 1 N–H and O–H groups in total. The summed E-state index contributed by atoms with van der Waals surface area (Å²) in [5.74, 6) is 0.396. The third-order valence-electron chi connectivity index (χ3n) is 1.87. The maximum Gasteiger partial charge on any atom is 0.256 e. The first-order valence-corrected chi connectivity index (χ1v) is 4.69. The van der Waals surface area contributed by atoms with Gasteiger partial charge in [0, 0.05) is 0 Å². The molecular weight excluding hydrogens is 218 g/mol. The first kappa shape index (κ1) is 9.86. The van der Waals surface area contributed by atoms with E-state index in [4.69, 9.17) is 20.4 Å². The highest BCUT2D eigenvalue weighted by atomic mass is 35.5. The predicted molar refractivity (Wildman–Crippen MR) is 53.6 cm³/mol. The van der Waals surface area contributed by atoms with Crippen molar-refractivity contribution in [2.45, 2.75) is 6.54 Å². The maximum atomic E-state index is 11.5. The fourth-order valence-corrected chi connectivity index (χ4v) is 1.33. The summed E-state index contributed by atoms with van der Waals surface area (Å²) in [5.41, 5.74) is 0.322. The molecule has 0 spiro atoms. The Bertz CT molecular complexity index is 447. The zero-order chi connectivity index (χ0) is 10.7. The third kappa shape index (κ3) is 2.22. The van der Waals surface area contributed by atoms with Gasteiger partial charge in [-0.25, -0.2) is 0 Å². The lowest BCUT2D eigenvalue weighted by Gasteiger charge is -2.00. The number of halogens is 1. The van der Waals surface area contributed by atoms with Crippen LogP contribution >= 0.6 is 11.6 Å². The van der Waals surface area contributed by atoms with Crippen molar-refractivity contribution in [1.82, 2.24) is 5.32 Å². The topological polar surface area (TPSA) is 55.4 Å². The number of hydrogen-bond donors (Lipinski definition) is 1. The predicted octanol–water partition coefficient (Wildman–Crippen LogP) is 2.46. The monoisotopic (exact) mass is 225 g/mol. The largest absolute Gasteiger partial charge is 0.467 e. The smallest absolute Gasteiger partial charge is 0.256 e.